The summed E-state index contributed by atoms with van der Waals surface area (Å²) < 4.78 is 28.1. The molecule has 0 atom stereocenters. The van der Waals surface area contributed by atoms with Crippen LogP contribution in [0.2, 0.25) is 0 Å². The van der Waals surface area contributed by atoms with Gasteiger partial charge in [0.25, 0.3) is 0 Å². The molecule has 0 aromatic heterocycles. The van der Waals surface area contributed by atoms with E-state index in [-0.39, 0.29) is 4.90 Å². The molecule has 1 aliphatic rings. The fourth-order valence-corrected chi connectivity index (χ4v) is 3.07. The third-order valence-corrected chi connectivity index (χ3v) is 4.15. The molecule has 0 saturated heterocycles. The molecule has 1 aromatic rings. The molecule has 2 rings (SSSR count). The minimum atomic E-state index is -3.32. The largest absolute Gasteiger partial charge is 0.462 e. The van der Waals surface area contributed by atoms with Gasteiger partial charge < -0.3 is 4.74 Å². The Hall–Kier alpha value is -1.62. The Kier molecular flexibility index (Phi) is 2.79. The lowest BCUT2D eigenvalue weighted by molar-refractivity contribution is 0.0525. The van der Waals surface area contributed by atoms with E-state index in [0.717, 1.165) is 5.41 Å². The van der Waals surface area contributed by atoms with E-state index in [4.69, 9.17) is 4.74 Å². The monoisotopic (exact) mass is 252 g/mol. The highest BCUT2D eigenvalue weighted by molar-refractivity contribution is 7.94. The van der Waals surface area contributed by atoms with Gasteiger partial charge in [0.2, 0.25) is 0 Å². The number of benzene rings is 1. The molecule has 90 valence electrons. The summed E-state index contributed by atoms with van der Waals surface area (Å²) in [7, 11) is -3.32. The summed E-state index contributed by atoms with van der Waals surface area (Å²) in [5.74, 6) is -0.425. The van der Waals surface area contributed by atoms with Crippen LogP contribution in [-0.4, -0.2) is 21.0 Å². The van der Waals surface area contributed by atoms with Crippen molar-refractivity contribution in [2.45, 2.75) is 18.7 Å². The number of rotatable bonds is 2. The molecule has 4 nitrogen and oxygen atoms in total. The Labute approximate surface area is 99.8 Å². The number of esters is 1. The van der Waals surface area contributed by atoms with E-state index in [1.54, 1.807) is 13.8 Å². The first-order chi connectivity index (χ1) is 7.97. The lowest BCUT2D eigenvalue weighted by Crippen LogP contribution is -2.08. The lowest BCUT2D eigenvalue weighted by atomic mass is 10.0. The summed E-state index contributed by atoms with van der Waals surface area (Å²) in [5.41, 5.74) is 1.63. The molecule has 0 fully saturated rings. The Morgan fingerprint density at radius 2 is 2.06 bits per heavy atom. The number of sulfone groups is 1. The highest BCUT2D eigenvalue weighted by Crippen LogP contribution is 2.31. The van der Waals surface area contributed by atoms with Crippen LogP contribution >= 0.6 is 0 Å². The van der Waals surface area contributed by atoms with Crippen LogP contribution in [0.3, 0.4) is 0 Å². The van der Waals surface area contributed by atoms with E-state index < -0.39 is 15.8 Å². The number of hydrogen-bond acceptors (Lipinski definition) is 4. The predicted octanol–water partition coefficient (Wildman–Crippen LogP) is 1.93. The highest BCUT2D eigenvalue weighted by atomic mass is 32.2. The van der Waals surface area contributed by atoms with Gasteiger partial charge in [0.05, 0.1) is 17.1 Å². The maximum Gasteiger partial charge on any atom is 0.338 e. The second kappa shape index (κ2) is 4.00. The van der Waals surface area contributed by atoms with Gasteiger partial charge in [-0.3, -0.25) is 0 Å². The van der Waals surface area contributed by atoms with Crippen LogP contribution in [0.25, 0.3) is 6.08 Å². The normalized spacial score (nSPS) is 15.6. The van der Waals surface area contributed by atoms with Crippen molar-refractivity contribution in [1.82, 2.24) is 0 Å². The van der Waals surface area contributed by atoms with E-state index >= 15 is 0 Å². The molecular formula is C12H12O4S. The summed E-state index contributed by atoms with van der Waals surface area (Å²) in [6.07, 6.45) is 1.52. The van der Waals surface area contributed by atoms with E-state index in [1.165, 1.54) is 18.2 Å². The van der Waals surface area contributed by atoms with Gasteiger partial charge in [0, 0.05) is 5.41 Å². The average molecular weight is 252 g/mol. The van der Waals surface area contributed by atoms with Crippen molar-refractivity contribution in [3.8, 4) is 0 Å². The molecule has 0 aliphatic carbocycles. The first kappa shape index (κ1) is 11.9. The molecule has 1 aliphatic heterocycles. The number of carbonyl (C=O) groups is 1. The molecule has 0 unspecified atom stereocenters. The first-order valence-corrected chi connectivity index (χ1v) is 6.76. The van der Waals surface area contributed by atoms with Gasteiger partial charge in [0.1, 0.15) is 0 Å². The molecule has 0 spiro atoms. The SMILES string of the molecule is CCOC(=O)c1ccc2c(c1C)C=CS2(=O)=O. The summed E-state index contributed by atoms with van der Waals surface area (Å²) in [4.78, 5) is 11.9. The average Bonchev–Trinajstić information content (AvgIpc) is 2.56. The van der Waals surface area contributed by atoms with Crippen molar-refractivity contribution in [1.29, 1.82) is 0 Å². The first-order valence-electron chi connectivity index (χ1n) is 5.21. The molecule has 1 heterocycles. The maximum absolute atomic E-state index is 11.6. The summed E-state index contributed by atoms with van der Waals surface area (Å²) in [5, 5.41) is 1.15. The highest BCUT2D eigenvalue weighted by Gasteiger charge is 2.24. The van der Waals surface area contributed by atoms with Crippen molar-refractivity contribution >= 4 is 21.9 Å². The molecule has 17 heavy (non-hydrogen) atoms. The van der Waals surface area contributed by atoms with Crippen LogP contribution in [0.15, 0.2) is 22.4 Å². The second-order valence-corrected chi connectivity index (χ2v) is 5.52. The fraction of sp³-hybridized carbons (Fsp3) is 0.250. The van der Waals surface area contributed by atoms with Gasteiger partial charge in [-0.1, -0.05) is 0 Å². The van der Waals surface area contributed by atoms with Crippen molar-refractivity contribution < 1.29 is 17.9 Å². The number of hydrogen-bond donors (Lipinski definition) is 0. The van der Waals surface area contributed by atoms with Crippen LogP contribution in [0.4, 0.5) is 0 Å². The lowest BCUT2D eigenvalue weighted by Gasteiger charge is -2.08. The molecule has 0 amide bonds. The van der Waals surface area contributed by atoms with Crippen molar-refractivity contribution in [2.24, 2.45) is 0 Å². The number of carbonyl (C=O) groups excluding carboxylic acids is 1. The third-order valence-electron chi connectivity index (χ3n) is 2.69. The minimum Gasteiger partial charge on any atom is -0.462 e. The summed E-state index contributed by atoms with van der Waals surface area (Å²) in [6.45, 7) is 3.74. The number of fused-ring (bicyclic) bond motifs is 1. The van der Waals surface area contributed by atoms with Crippen LogP contribution < -0.4 is 0 Å². The van der Waals surface area contributed by atoms with Crippen LogP contribution in [-0.2, 0) is 14.6 Å². The third kappa shape index (κ3) is 1.86. The minimum absolute atomic E-state index is 0.253. The van der Waals surface area contributed by atoms with Gasteiger partial charge in [-0.2, -0.15) is 0 Å². The smallest absolute Gasteiger partial charge is 0.338 e. The quantitative estimate of drug-likeness (QED) is 0.754. The molecule has 1 aromatic carbocycles. The fourth-order valence-electron chi connectivity index (χ4n) is 1.82. The zero-order valence-corrected chi connectivity index (χ0v) is 10.4. The van der Waals surface area contributed by atoms with Gasteiger partial charge >= 0.3 is 5.97 Å². The zero-order chi connectivity index (χ0) is 12.6. The second-order valence-electron chi connectivity index (χ2n) is 3.72. The molecule has 0 radical (unpaired) electrons. The Bertz CT molecular complexity index is 612. The molecule has 0 saturated carbocycles. The Balaban J connectivity index is 2.57. The van der Waals surface area contributed by atoms with Crippen molar-refractivity contribution in [2.75, 3.05) is 6.61 Å². The topological polar surface area (TPSA) is 60.4 Å². The van der Waals surface area contributed by atoms with Crippen molar-refractivity contribution in [3.05, 3.63) is 34.2 Å². The van der Waals surface area contributed by atoms with Gasteiger partial charge in [-0.15, -0.1) is 0 Å². The molecular weight excluding hydrogens is 240 g/mol. The van der Waals surface area contributed by atoms with Crippen LogP contribution in [0, 0.1) is 6.92 Å². The molecule has 0 bridgehead atoms. The standard InChI is InChI=1S/C12H12O4S/c1-3-16-12(13)10-4-5-11-9(8(10)2)6-7-17(11,14)15/h4-7H,3H2,1-2H3. The Morgan fingerprint density at radius 1 is 1.35 bits per heavy atom. The Morgan fingerprint density at radius 3 is 2.71 bits per heavy atom. The van der Waals surface area contributed by atoms with E-state index in [2.05, 4.69) is 0 Å². The van der Waals surface area contributed by atoms with Crippen molar-refractivity contribution in [3.63, 3.8) is 0 Å². The van der Waals surface area contributed by atoms with E-state index in [0.29, 0.717) is 23.3 Å². The van der Waals surface area contributed by atoms with E-state index in [9.17, 15) is 13.2 Å². The predicted molar refractivity (Wildman–Crippen MR) is 63.4 cm³/mol. The van der Waals surface area contributed by atoms with Gasteiger partial charge in [0.15, 0.2) is 9.84 Å². The molecule has 5 heteroatoms. The zero-order valence-electron chi connectivity index (χ0n) is 9.56. The number of ether oxygens (including phenoxy) is 1. The van der Waals surface area contributed by atoms with Gasteiger partial charge in [-0.05, 0) is 43.2 Å². The summed E-state index contributed by atoms with van der Waals surface area (Å²) >= 11 is 0. The van der Waals surface area contributed by atoms with Crippen LogP contribution in [0.1, 0.15) is 28.4 Å². The van der Waals surface area contributed by atoms with Gasteiger partial charge in [-0.25, -0.2) is 13.2 Å². The maximum atomic E-state index is 11.6. The van der Waals surface area contributed by atoms with Crippen LogP contribution in [0.5, 0.6) is 0 Å². The summed E-state index contributed by atoms with van der Waals surface area (Å²) in [6, 6.07) is 2.95. The van der Waals surface area contributed by atoms with E-state index in [1.807, 2.05) is 0 Å². The molecule has 0 N–H and O–H groups in total.